The standard InChI is InChI=1S/C21H29N5O2/c1-3-23-21(24-11-16-28-20-5-4-10-22-17-20)26-14-12-25(13-15-26)18-6-8-19(27-2)9-7-18/h4-10,17H,3,11-16H2,1-2H3,(H,23,24). The van der Waals surface area contributed by atoms with Crippen LogP contribution in [0, 0.1) is 0 Å². The van der Waals surface area contributed by atoms with E-state index in [1.807, 2.05) is 24.3 Å². The van der Waals surface area contributed by atoms with Gasteiger partial charge >= 0.3 is 0 Å². The first-order valence-electron chi connectivity index (χ1n) is 9.75. The second-order valence-electron chi connectivity index (χ2n) is 6.44. The van der Waals surface area contributed by atoms with Crippen molar-refractivity contribution in [3.63, 3.8) is 0 Å². The van der Waals surface area contributed by atoms with E-state index >= 15 is 0 Å². The van der Waals surface area contributed by atoms with Crippen LogP contribution < -0.4 is 19.7 Å². The third-order valence-electron chi connectivity index (χ3n) is 4.61. The largest absolute Gasteiger partial charge is 0.497 e. The second-order valence-corrected chi connectivity index (χ2v) is 6.44. The van der Waals surface area contributed by atoms with Gasteiger partial charge in [0.05, 0.1) is 19.9 Å². The maximum atomic E-state index is 5.68. The Morgan fingerprint density at radius 3 is 2.54 bits per heavy atom. The number of hydrogen-bond donors (Lipinski definition) is 1. The molecular formula is C21H29N5O2. The maximum absolute atomic E-state index is 5.68. The number of nitrogens with zero attached hydrogens (tertiary/aromatic N) is 4. The lowest BCUT2D eigenvalue weighted by Crippen LogP contribution is -2.52. The number of aromatic nitrogens is 1. The summed E-state index contributed by atoms with van der Waals surface area (Å²) in [4.78, 5) is 13.5. The van der Waals surface area contributed by atoms with E-state index in [2.05, 4.69) is 39.2 Å². The number of nitrogens with one attached hydrogen (secondary N) is 1. The van der Waals surface area contributed by atoms with Crippen molar-refractivity contribution in [3.05, 3.63) is 48.8 Å². The molecule has 1 saturated heterocycles. The molecule has 1 aliphatic heterocycles. The van der Waals surface area contributed by atoms with E-state index in [4.69, 9.17) is 14.5 Å². The van der Waals surface area contributed by atoms with E-state index in [0.717, 1.165) is 50.2 Å². The molecule has 1 aromatic carbocycles. The molecule has 1 aromatic heterocycles. The number of rotatable bonds is 7. The first kappa shape index (κ1) is 19.8. The molecule has 7 nitrogen and oxygen atoms in total. The van der Waals surface area contributed by atoms with Crippen LogP contribution in [0.2, 0.25) is 0 Å². The Labute approximate surface area is 167 Å². The lowest BCUT2D eigenvalue weighted by atomic mass is 10.2. The molecule has 2 aromatic rings. The van der Waals surface area contributed by atoms with Crippen LogP contribution in [-0.4, -0.2) is 68.8 Å². The Morgan fingerprint density at radius 1 is 1.11 bits per heavy atom. The summed E-state index contributed by atoms with van der Waals surface area (Å²) in [6.07, 6.45) is 3.45. The van der Waals surface area contributed by atoms with Gasteiger partial charge in [0.15, 0.2) is 5.96 Å². The molecule has 2 heterocycles. The predicted octanol–water partition coefficient (Wildman–Crippen LogP) is 2.26. The summed E-state index contributed by atoms with van der Waals surface area (Å²) in [5, 5.41) is 3.39. The van der Waals surface area contributed by atoms with Gasteiger partial charge in [-0.2, -0.15) is 0 Å². The quantitative estimate of drug-likeness (QED) is 0.450. The molecule has 0 aliphatic carbocycles. The Hall–Kier alpha value is -2.96. The minimum atomic E-state index is 0.534. The van der Waals surface area contributed by atoms with E-state index in [1.54, 1.807) is 19.5 Å². The lowest BCUT2D eigenvalue weighted by Gasteiger charge is -2.37. The van der Waals surface area contributed by atoms with Crippen molar-refractivity contribution < 1.29 is 9.47 Å². The van der Waals surface area contributed by atoms with E-state index in [-0.39, 0.29) is 0 Å². The number of hydrogen-bond acceptors (Lipinski definition) is 5. The van der Waals surface area contributed by atoms with E-state index < -0.39 is 0 Å². The van der Waals surface area contributed by atoms with Gasteiger partial charge in [-0.25, -0.2) is 4.99 Å². The first-order valence-corrected chi connectivity index (χ1v) is 9.75. The highest BCUT2D eigenvalue weighted by molar-refractivity contribution is 5.80. The van der Waals surface area contributed by atoms with Crippen LogP contribution in [0.15, 0.2) is 53.8 Å². The topological polar surface area (TPSA) is 62.2 Å². The molecule has 0 unspecified atom stereocenters. The van der Waals surface area contributed by atoms with Crippen molar-refractivity contribution in [2.75, 3.05) is 57.9 Å². The van der Waals surface area contributed by atoms with Gasteiger partial charge in [-0.15, -0.1) is 0 Å². The van der Waals surface area contributed by atoms with Gasteiger partial charge in [0.2, 0.25) is 0 Å². The molecule has 0 saturated carbocycles. The SMILES string of the molecule is CCNC(=NCCOc1cccnc1)N1CCN(c2ccc(OC)cc2)CC1. The Balaban J connectivity index is 1.50. The molecule has 1 N–H and O–H groups in total. The Bertz CT molecular complexity index is 728. The number of methoxy groups -OCH3 is 1. The average molecular weight is 383 g/mol. The van der Waals surface area contributed by atoms with Gasteiger partial charge < -0.3 is 24.6 Å². The van der Waals surface area contributed by atoms with Crippen molar-refractivity contribution in [1.29, 1.82) is 0 Å². The summed E-state index contributed by atoms with van der Waals surface area (Å²) in [7, 11) is 1.69. The zero-order chi connectivity index (χ0) is 19.6. The number of guanidine groups is 1. The Kier molecular flexibility index (Phi) is 7.35. The summed E-state index contributed by atoms with van der Waals surface area (Å²) in [6, 6.07) is 12.0. The summed E-state index contributed by atoms with van der Waals surface area (Å²) in [5.41, 5.74) is 1.23. The highest BCUT2D eigenvalue weighted by atomic mass is 16.5. The van der Waals surface area contributed by atoms with Crippen molar-refractivity contribution in [2.24, 2.45) is 4.99 Å². The fraction of sp³-hybridized carbons (Fsp3) is 0.429. The monoisotopic (exact) mass is 383 g/mol. The zero-order valence-corrected chi connectivity index (χ0v) is 16.7. The molecule has 0 radical (unpaired) electrons. The number of aliphatic imine (C=N–C) groups is 1. The van der Waals surface area contributed by atoms with Gasteiger partial charge in [-0.1, -0.05) is 0 Å². The number of pyridine rings is 1. The molecule has 0 atom stereocenters. The molecule has 1 fully saturated rings. The molecule has 1 aliphatic rings. The number of benzene rings is 1. The summed E-state index contributed by atoms with van der Waals surface area (Å²) < 4.78 is 10.9. The highest BCUT2D eigenvalue weighted by Gasteiger charge is 2.19. The van der Waals surface area contributed by atoms with Gasteiger partial charge in [-0.05, 0) is 43.3 Å². The maximum Gasteiger partial charge on any atom is 0.194 e. The minimum Gasteiger partial charge on any atom is -0.497 e. The number of ether oxygens (including phenoxy) is 2. The van der Waals surface area contributed by atoms with Crippen LogP contribution in [0.4, 0.5) is 5.69 Å². The fourth-order valence-electron chi connectivity index (χ4n) is 3.14. The average Bonchev–Trinajstić information content (AvgIpc) is 2.77. The number of anilines is 1. The molecule has 150 valence electrons. The number of piperazine rings is 1. The normalized spacial score (nSPS) is 14.7. The third kappa shape index (κ3) is 5.52. The molecule has 0 amide bonds. The molecular weight excluding hydrogens is 354 g/mol. The molecule has 3 rings (SSSR count). The van der Waals surface area contributed by atoms with Gasteiger partial charge in [0.1, 0.15) is 18.1 Å². The second kappa shape index (κ2) is 10.4. The van der Waals surface area contributed by atoms with Crippen molar-refractivity contribution >= 4 is 11.6 Å². The van der Waals surface area contributed by atoms with Crippen molar-refractivity contribution in [1.82, 2.24) is 15.2 Å². The Morgan fingerprint density at radius 2 is 1.89 bits per heavy atom. The first-order chi connectivity index (χ1) is 13.8. The van der Waals surface area contributed by atoms with Crippen molar-refractivity contribution in [2.45, 2.75) is 6.92 Å². The smallest absolute Gasteiger partial charge is 0.194 e. The van der Waals surface area contributed by atoms with E-state index in [9.17, 15) is 0 Å². The van der Waals surface area contributed by atoms with Gasteiger partial charge in [-0.3, -0.25) is 4.98 Å². The molecule has 0 bridgehead atoms. The molecule has 28 heavy (non-hydrogen) atoms. The third-order valence-corrected chi connectivity index (χ3v) is 4.61. The van der Waals surface area contributed by atoms with Crippen LogP contribution in [0.1, 0.15) is 6.92 Å². The van der Waals surface area contributed by atoms with Gasteiger partial charge in [0, 0.05) is 44.6 Å². The predicted molar refractivity (Wildman–Crippen MR) is 112 cm³/mol. The fourth-order valence-corrected chi connectivity index (χ4v) is 3.14. The van der Waals surface area contributed by atoms with E-state index in [1.165, 1.54) is 5.69 Å². The van der Waals surface area contributed by atoms with Crippen LogP contribution in [-0.2, 0) is 0 Å². The lowest BCUT2D eigenvalue weighted by molar-refractivity contribution is 0.324. The highest BCUT2D eigenvalue weighted by Crippen LogP contribution is 2.20. The van der Waals surface area contributed by atoms with Crippen LogP contribution in [0.3, 0.4) is 0 Å². The van der Waals surface area contributed by atoms with Crippen LogP contribution >= 0.6 is 0 Å². The summed E-state index contributed by atoms with van der Waals surface area (Å²) >= 11 is 0. The minimum absolute atomic E-state index is 0.534. The van der Waals surface area contributed by atoms with E-state index in [0.29, 0.717) is 13.2 Å². The molecule has 7 heteroatoms. The van der Waals surface area contributed by atoms with Crippen molar-refractivity contribution in [3.8, 4) is 11.5 Å². The summed E-state index contributed by atoms with van der Waals surface area (Å²) in [6.45, 7) is 7.87. The van der Waals surface area contributed by atoms with Crippen LogP contribution in [0.5, 0.6) is 11.5 Å². The zero-order valence-electron chi connectivity index (χ0n) is 16.7. The molecule has 0 spiro atoms. The van der Waals surface area contributed by atoms with Gasteiger partial charge in [0.25, 0.3) is 0 Å². The summed E-state index contributed by atoms with van der Waals surface area (Å²) in [5.74, 6) is 2.61. The van der Waals surface area contributed by atoms with Crippen LogP contribution in [0.25, 0.3) is 0 Å².